The molecule has 6 nitrogen and oxygen atoms in total. The Morgan fingerprint density at radius 3 is 2.69 bits per heavy atom. The van der Waals surface area contributed by atoms with Gasteiger partial charge in [0.1, 0.15) is 21.6 Å². The standard InChI is InChI=1S/C22H28N4O2S2.C2H6/c1-4-10-26(11-6-7-15(3)5-2)20-14-23-13-17(24-20)18-9-8-16(28-18)12-19-21(27)25-22(29)30-19;1-2/h8-9,12-15H,4-7,10-11H2,1-3H3,(H,25,27,29);1-2H3/b19-12-;. The first-order chi connectivity index (χ1) is 15.5. The summed E-state index contributed by atoms with van der Waals surface area (Å²) in [5.41, 5.74) is 0.680. The van der Waals surface area contributed by atoms with Crippen molar-refractivity contribution < 1.29 is 9.21 Å². The lowest BCUT2D eigenvalue weighted by molar-refractivity contribution is -0.115. The number of thiocarbonyl (C=S) groups is 1. The van der Waals surface area contributed by atoms with Crippen molar-refractivity contribution in [1.29, 1.82) is 0 Å². The summed E-state index contributed by atoms with van der Waals surface area (Å²) in [6.45, 7) is 12.6. The predicted octanol–water partition coefficient (Wildman–Crippen LogP) is 6.29. The minimum absolute atomic E-state index is 0.197. The van der Waals surface area contributed by atoms with Gasteiger partial charge in [-0.15, -0.1) is 0 Å². The van der Waals surface area contributed by atoms with E-state index in [1.807, 2.05) is 32.2 Å². The second-order valence-corrected chi connectivity index (χ2v) is 9.18. The number of furan rings is 1. The van der Waals surface area contributed by atoms with Crippen molar-refractivity contribution in [3.63, 3.8) is 0 Å². The molecule has 1 aliphatic rings. The maximum atomic E-state index is 11.8. The molecule has 0 spiro atoms. The van der Waals surface area contributed by atoms with Crippen LogP contribution in [0.4, 0.5) is 5.82 Å². The van der Waals surface area contributed by atoms with Crippen LogP contribution in [0.3, 0.4) is 0 Å². The van der Waals surface area contributed by atoms with Crippen LogP contribution in [0.15, 0.2) is 33.8 Å². The molecule has 1 N–H and O–H groups in total. The van der Waals surface area contributed by atoms with Gasteiger partial charge in [0.05, 0.1) is 17.3 Å². The lowest BCUT2D eigenvalue weighted by Crippen LogP contribution is -2.26. The third-order valence-corrected chi connectivity index (χ3v) is 6.22. The number of hydrogen-bond donors (Lipinski definition) is 1. The second-order valence-electron chi connectivity index (χ2n) is 7.46. The molecule has 1 unspecified atom stereocenters. The number of amides is 1. The summed E-state index contributed by atoms with van der Waals surface area (Å²) in [6.07, 6.45) is 9.83. The van der Waals surface area contributed by atoms with Gasteiger partial charge in [-0.1, -0.05) is 65.0 Å². The summed E-state index contributed by atoms with van der Waals surface area (Å²) >= 11 is 6.25. The van der Waals surface area contributed by atoms with E-state index in [2.05, 4.69) is 36.0 Å². The molecule has 8 heteroatoms. The quantitative estimate of drug-likeness (QED) is 0.320. The number of aromatic nitrogens is 2. The number of anilines is 1. The van der Waals surface area contributed by atoms with Gasteiger partial charge in [-0.05, 0) is 37.3 Å². The number of thioether (sulfide) groups is 1. The number of nitrogens with one attached hydrogen (secondary N) is 1. The van der Waals surface area contributed by atoms with Crippen LogP contribution >= 0.6 is 24.0 Å². The van der Waals surface area contributed by atoms with Crippen molar-refractivity contribution in [3.05, 3.63) is 35.2 Å². The van der Waals surface area contributed by atoms with E-state index in [0.717, 1.165) is 37.7 Å². The molecular formula is C24H34N4O2S2. The topological polar surface area (TPSA) is 71.3 Å². The maximum absolute atomic E-state index is 11.8. The monoisotopic (exact) mass is 474 g/mol. The van der Waals surface area contributed by atoms with Crippen LogP contribution < -0.4 is 10.2 Å². The first kappa shape index (κ1) is 26.1. The van der Waals surface area contributed by atoms with E-state index in [-0.39, 0.29) is 5.91 Å². The Morgan fingerprint density at radius 1 is 1.25 bits per heavy atom. The molecule has 1 atom stereocenters. The van der Waals surface area contributed by atoms with Gasteiger partial charge < -0.3 is 14.6 Å². The van der Waals surface area contributed by atoms with Crippen LogP contribution in [0, 0.1) is 5.92 Å². The highest BCUT2D eigenvalue weighted by Crippen LogP contribution is 2.28. The Bertz CT molecular complexity index is 926. The SMILES string of the molecule is CC.CCCN(CCCC(C)CC)c1cncc(-c2ccc(/C=C3\SC(=S)NC3=O)o2)n1. The van der Waals surface area contributed by atoms with Gasteiger partial charge in [0.2, 0.25) is 0 Å². The van der Waals surface area contributed by atoms with Gasteiger partial charge >= 0.3 is 0 Å². The van der Waals surface area contributed by atoms with E-state index in [1.54, 1.807) is 12.3 Å². The maximum Gasteiger partial charge on any atom is 0.263 e. The van der Waals surface area contributed by atoms with E-state index in [4.69, 9.17) is 21.6 Å². The van der Waals surface area contributed by atoms with E-state index in [1.165, 1.54) is 24.6 Å². The highest BCUT2D eigenvalue weighted by atomic mass is 32.2. The number of carbonyl (C=O) groups is 1. The van der Waals surface area contributed by atoms with Gasteiger partial charge in [-0.2, -0.15) is 0 Å². The van der Waals surface area contributed by atoms with Gasteiger partial charge in [-0.25, -0.2) is 4.98 Å². The Hall–Kier alpha value is -2.19. The zero-order valence-electron chi connectivity index (χ0n) is 19.7. The molecule has 0 bridgehead atoms. The molecule has 2 aromatic heterocycles. The molecular weight excluding hydrogens is 440 g/mol. The molecule has 0 aromatic carbocycles. The Morgan fingerprint density at radius 2 is 2.03 bits per heavy atom. The zero-order valence-corrected chi connectivity index (χ0v) is 21.3. The van der Waals surface area contributed by atoms with E-state index >= 15 is 0 Å². The third-order valence-electron chi connectivity index (χ3n) is 5.06. The highest BCUT2D eigenvalue weighted by Gasteiger charge is 2.22. The van der Waals surface area contributed by atoms with E-state index in [0.29, 0.717) is 26.4 Å². The van der Waals surface area contributed by atoms with Crippen molar-refractivity contribution in [2.45, 2.75) is 60.3 Å². The normalized spacial score (nSPS) is 15.3. The largest absolute Gasteiger partial charge is 0.455 e. The molecule has 1 amide bonds. The van der Waals surface area contributed by atoms with Gasteiger partial charge in [0.15, 0.2) is 5.76 Å². The van der Waals surface area contributed by atoms with Crippen molar-refractivity contribution in [2.24, 2.45) is 5.92 Å². The third kappa shape index (κ3) is 7.45. The molecule has 1 aliphatic heterocycles. The van der Waals surface area contributed by atoms with Crippen LogP contribution in [0.25, 0.3) is 17.5 Å². The number of hydrogen-bond acceptors (Lipinski definition) is 7. The van der Waals surface area contributed by atoms with Crippen molar-refractivity contribution in [1.82, 2.24) is 15.3 Å². The Labute approximate surface area is 201 Å². The molecule has 3 rings (SSSR count). The molecule has 0 aliphatic carbocycles. The number of rotatable bonds is 10. The molecule has 1 fully saturated rings. The average molecular weight is 475 g/mol. The fourth-order valence-electron chi connectivity index (χ4n) is 3.19. The molecule has 2 aromatic rings. The van der Waals surface area contributed by atoms with Crippen molar-refractivity contribution in [2.75, 3.05) is 18.0 Å². The second kappa shape index (κ2) is 13.4. The molecule has 0 saturated carbocycles. The summed E-state index contributed by atoms with van der Waals surface area (Å²) in [5, 5.41) is 2.60. The Kier molecular flexibility index (Phi) is 10.9. The van der Waals surface area contributed by atoms with Gasteiger partial charge in [-0.3, -0.25) is 9.78 Å². The molecule has 174 valence electrons. The summed E-state index contributed by atoms with van der Waals surface area (Å²) < 4.78 is 6.36. The summed E-state index contributed by atoms with van der Waals surface area (Å²) in [4.78, 5) is 23.8. The number of carbonyl (C=O) groups excluding carboxylic acids is 1. The minimum Gasteiger partial charge on any atom is -0.455 e. The Balaban J connectivity index is 0.00000176. The van der Waals surface area contributed by atoms with Gasteiger partial charge in [0, 0.05) is 19.2 Å². The molecule has 32 heavy (non-hydrogen) atoms. The zero-order chi connectivity index (χ0) is 23.5. The van der Waals surface area contributed by atoms with Crippen LogP contribution in [-0.4, -0.2) is 33.3 Å². The predicted molar refractivity (Wildman–Crippen MR) is 139 cm³/mol. The van der Waals surface area contributed by atoms with Crippen LogP contribution in [0.5, 0.6) is 0 Å². The lowest BCUT2D eigenvalue weighted by Gasteiger charge is -2.23. The fraction of sp³-hybridized carbons (Fsp3) is 0.500. The first-order valence-corrected chi connectivity index (χ1v) is 12.6. The van der Waals surface area contributed by atoms with Crippen LogP contribution in [-0.2, 0) is 4.79 Å². The van der Waals surface area contributed by atoms with Gasteiger partial charge in [0.25, 0.3) is 5.91 Å². The average Bonchev–Trinajstić information content (AvgIpc) is 3.40. The van der Waals surface area contributed by atoms with Crippen molar-refractivity contribution in [3.8, 4) is 11.5 Å². The lowest BCUT2D eigenvalue weighted by atomic mass is 10.0. The fourth-order valence-corrected chi connectivity index (χ4v) is 4.21. The van der Waals surface area contributed by atoms with E-state index < -0.39 is 0 Å². The highest BCUT2D eigenvalue weighted by molar-refractivity contribution is 8.26. The summed E-state index contributed by atoms with van der Waals surface area (Å²) in [7, 11) is 0. The van der Waals surface area contributed by atoms with E-state index in [9.17, 15) is 4.79 Å². The van der Waals surface area contributed by atoms with Crippen molar-refractivity contribution >= 4 is 46.1 Å². The van der Waals surface area contributed by atoms with Crippen LogP contribution in [0.2, 0.25) is 0 Å². The van der Waals surface area contributed by atoms with Crippen LogP contribution in [0.1, 0.15) is 66.1 Å². The molecule has 3 heterocycles. The molecule has 0 radical (unpaired) electrons. The minimum atomic E-state index is -0.197. The smallest absolute Gasteiger partial charge is 0.263 e. The first-order valence-electron chi connectivity index (χ1n) is 11.4. The summed E-state index contributed by atoms with van der Waals surface area (Å²) in [5.74, 6) is 2.62. The number of nitrogens with zero attached hydrogens (tertiary/aromatic N) is 3. The molecule has 1 saturated heterocycles. The summed E-state index contributed by atoms with van der Waals surface area (Å²) in [6, 6.07) is 3.67.